The Bertz CT molecular complexity index is 6980. The minimum Gasteiger partial charge on any atom is -0.311 e. The maximum absolute atomic E-state index is 2.42. The van der Waals surface area contributed by atoms with Crippen LogP contribution in [0.3, 0.4) is 0 Å². The first kappa shape index (κ1) is 96.1. The van der Waals surface area contributed by atoms with E-state index in [4.69, 9.17) is 0 Å². The van der Waals surface area contributed by atoms with E-state index in [1.807, 2.05) is 0 Å². The Kier molecular flexibility index (Phi) is 29.6. The predicted octanol–water partition coefficient (Wildman–Crippen LogP) is 39.4. The number of para-hydroxylation sites is 6. The summed E-state index contributed by atoms with van der Waals surface area (Å²) in [5, 5.41) is 0. The number of hydrogen-bond acceptors (Lipinski definition) is 6. The van der Waals surface area contributed by atoms with Crippen LogP contribution in [0, 0.1) is 41.5 Å². The van der Waals surface area contributed by atoms with Crippen molar-refractivity contribution in [3.8, 4) is 66.8 Å². The van der Waals surface area contributed by atoms with Crippen LogP contribution < -0.4 is 29.4 Å². The summed E-state index contributed by atoms with van der Waals surface area (Å²) >= 11 is 0. The first-order valence-electron chi connectivity index (χ1n) is 51.2. The summed E-state index contributed by atoms with van der Waals surface area (Å²) in [6.45, 7) is 26.4. The summed E-state index contributed by atoms with van der Waals surface area (Å²) in [4.78, 5) is 14.3. The van der Waals surface area contributed by atoms with E-state index in [2.05, 4.69) is 586 Å². The molecule has 0 N–H and O–H groups in total. The SMILES string of the molecule is CCc1ccc(N(c2ccc(C)cc2)c2ccc(-c3cc(-c4ccc(N(c5ccc(C)cc5)c5ccc(CC)cc5)cc4)cc(-c4ccc(N(c5ccc(C)cc5)c5ccc(CC)cc5)cc4)c3)cc2)cc1.CCc1ccccc1N(c1ccc(-c2cc(-c3ccc(N(c4ccccc4C)c4ccccc4CC)cc3)cc(-c3ccc(N(c4ccccc4C)c4ccccc4CC)cc3)c2)cc1)c1ccccc1C. The fourth-order valence-corrected chi connectivity index (χ4v) is 19.9. The Hall–Kier alpha value is -16.8. The van der Waals surface area contributed by atoms with Crippen molar-refractivity contribution >= 4 is 102 Å². The molecule has 0 fully saturated rings. The molecule has 0 bridgehead atoms. The van der Waals surface area contributed by atoms with Crippen LogP contribution in [0.2, 0.25) is 0 Å². The van der Waals surface area contributed by atoms with Gasteiger partial charge in [-0.25, -0.2) is 0 Å². The van der Waals surface area contributed by atoms with Crippen LogP contribution in [0.5, 0.6) is 0 Å². The van der Waals surface area contributed by atoms with Gasteiger partial charge < -0.3 is 29.4 Å². The Morgan fingerprint density at radius 2 is 0.285 bits per heavy atom. The number of benzene rings is 20. The summed E-state index contributed by atoms with van der Waals surface area (Å²) in [5.41, 5.74) is 49.9. The van der Waals surface area contributed by atoms with Gasteiger partial charge in [0.2, 0.25) is 0 Å². The molecule has 0 unspecified atom stereocenters. The zero-order chi connectivity index (χ0) is 99.1. The van der Waals surface area contributed by atoms with Gasteiger partial charge in [-0.05, 0) is 415 Å². The van der Waals surface area contributed by atoms with Gasteiger partial charge in [0, 0.05) is 102 Å². The van der Waals surface area contributed by atoms with Crippen LogP contribution in [-0.4, -0.2) is 0 Å². The molecule has 708 valence electrons. The minimum atomic E-state index is 0.945. The van der Waals surface area contributed by atoms with Crippen molar-refractivity contribution in [2.45, 2.75) is 122 Å². The molecule has 20 aromatic rings. The zero-order valence-electron chi connectivity index (χ0n) is 85.0. The highest BCUT2D eigenvalue weighted by Gasteiger charge is 2.25. The van der Waals surface area contributed by atoms with Gasteiger partial charge in [-0.1, -0.05) is 313 Å². The van der Waals surface area contributed by atoms with Crippen molar-refractivity contribution in [1.29, 1.82) is 0 Å². The standard InChI is InChI=1S/2C69H63N3/c1-7-52-16-34-64(35-17-52)70(61-28-10-49(4)11-29-61)67-40-22-55(23-41-67)58-46-59(56-24-42-68(43-25-56)71(62-30-12-50(5)13-31-62)65-36-18-53(8-2)19-37-65)48-60(47-58)57-26-44-69(45-27-57)72(63-32-14-51(6)15-33-63)66-38-20-54(9-3)21-39-66;1-7-52-25-13-19-31-67(52)70(64-28-16-10-22-49(64)4)61-40-34-55(35-41-61)58-46-59(56-36-42-62(43-37-56)71(65-29-17-11-23-50(65)5)68-32-20-14-26-53(68)8-2)48-60(47-58)57-38-44-63(45-39-57)72(66-30-18-12-24-51(66)6)69-33-21-15-27-54(69)9-3/h2*10-48H,7-9H2,1-6H3. The lowest BCUT2D eigenvalue weighted by molar-refractivity contribution is 1.11. The van der Waals surface area contributed by atoms with E-state index in [1.54, 1.807) is 0 Å². The average Bonchev–Trinajstić information content (AvgIpc) is 0.778. The van der Waals surface area contributed by atoms with Crippen molar-refractivity contribution in [2.24, 2.45) is 0 Å². The highest BCUT2D eigenvalue weighted by molar-refractivity contribution is 5.92. The number of anilines is 18. The van der Waals surface area contributed by atoms with Gasteiger partial charge in [-0.15, -0.1) is 0 Å². The van der Waals surface area contributed by atoms with Gasteiger partial charge in [0.25, 0.3) is 0 Å². The first-order chi connectivity index (χ1) is 70.6. The third-order valence-corrected chi connectivity index (χ3v) is 28.2. The lowest BCUT2D eigenvalue weighted by atomic mass is 9.92. The highest BCUT2D eigenvalue weighted by atomic mass is 15.2. The molecule has 6 nitrogen and oxygen atoms in total. The number of nitrogens with zero attached hydrogens (tertiary/aromatic N) is 6. The summed E-state index contributed by atoms with van der Waals surface area (Å²) < 4.78 is 0. The Morgan fingerprint density at radius 3 is 0.458 bits per heavy atom. The fourth-order valence-electron chi connectivity index (χ4n) is 19.9. The molecule has 0 spiro atoms. The van der Waals surface area contributed by atoms with E-state index < -0.39 is 0 Å². The molecule has 0 aliphatic heterocycles. The van der Waals surface area contributed by atoms with Crippen LogP contribution >= 0.6 is 0 Å². The maximum Gasteiger partial charge on any atom is 0.0493 e. The molecule has 0 heterocycles. The first-order valence-corrected chi connectivity index (χ1v) is 51.2. The van der Waals surface area contributed by atoms with Crippen LogP contribution in [0.1, 0.15) is 108 Å². The lowest BCUT2D eigenvalue weighted by Gasteiger charge is -2.29. The van der Waals surface area contributed by atoms with Gasteiger partial charge >= 0.3 is 0 Å². The van der Waals surface area contributed by atoms with Crippen molar-refractivity contribution in [1.82, 2.24) is 0 Å². The van der Waals surface area contributed by atoms with Crippen LogP contribution in [0.15, 0.2) is 473 Å². The molecule has 6 heteroatoms. The van der Waals surface area contributed by atoms with Crippen molar-refractivity contribution in [3.63, 3.8) is 0 Å². The average molecular weight is 1870 g/mol. The smallest absolute Gasteiger partial charge is 0.0493 e. The van der Waals surface area contributed by atoms with Crippen molar-refractivity contribution in [2.75, 3.05) is 29.4 Å². The summed E-state index contributed by atoms with van der Waals surface area (Å²) in [5.74, 6) is 0. The van der Waals surface area contributed by atoms with E-state index in [-0.39, 0.29) is 0 Å². The molecule has 0 atom stereocenters. The molecule has 20 aromatic carbocycles. The highest BCUT2D eigenvalue weighted by Crippen LogP contribution is 2.48. The van der Waals surface area contributed by atoms with Crippen molar-refractivity contribution < 1.29 is 0 Å². The molecule has 0 radical (unpaired) electrons. The van der Waals surface area contributed by atoms with Crippen LogP contribution in [-0.2, 0) is 38.5 Å². The second kappa shape index (κ2) is 44.3. The van der Waals surface area contributed by atoms with E-state index >= 15 is 0 Å². The van der Waals surface area contributed by atoms with Gasteiger partial charge in [-0.2, -0.15) is 0 Å². The van der Waals surface area contributed by atoms with Crippen LogP contribution in [0.4, 0.5) is 102 Å². The molecule has 0 aromatic heterocycles. The van der Waals surface area contributed by atoms with Gasteiger partial charge in [0.1, 0.15) is 0 Å². The third kappa shape index (κ3) is 21.3. The molecule has 144 heavy (non-hydrogen) atoms. The predicted molar refractivity (Wildman–Crippen MR) is 618 cm³/mol. The Morgan fingerprint density at radius 1 is 0.132 bits per heavy atom. The van der Waals surface area contributed by atoms with E-state index in [9.17, 15) is 0 Å². The monoisotopic (exact) mass is 1870 g/mol. The minimum absolute atomic E-state index is 0.945. The zero-order valence-corrected chi connectivity index (χ0v) is 85.0. The quantitative estimate of drug-likeness (QED) is 0.0444. The molecular formula is C138H126N6. The normalized spacial score (nSPS) is 11.1. The maximum atomic E-state index is 2.42. The van der Waals surface area contributed by atoms with Crippen molar-refractivity contribution in [3.05, 3.63) is 540 Å². The summed E-state index contributed by atoms with van der Waals surface area (Å²) in [7, 11) is 0. The van der Waals surface area contributed by atoms with E-state index in [1.165, 1.54) is 101 Å². The summed E-state index contributed by atoms with van der Waals surface area (Å²) in [6.07, 6.45) is 5.86. The second-order valence-corrected chi connectivity index (χ2v) is 37.8. The van der Waals surface area contributed by atoms with Gasteiger partial charge in [-0.3, -0.25) is 0 Å². The fraction of sp³-hybridized carbons (Fsp3) is 0.130. The van der Waals surface area contributed by atoms with E-state index in [0.717, 1.165) is 174 Å². The number of aryl methyl sites for hydroxylation is 12. The van der Waals surface area contributed by atoms with Gasteiger partial charge in [0.05, 0.1) is 0 Å². The third-order valence-electron chi connectivity index (χ3n) is 28.2. The lowest BCUT2D eigenvalue weighted by Crippen LogP contribution is -2.13. The largest absolute Gasteiger partial charge is 0.311 e. The van der Waals surface area contributed by atoms with E-state index in [0.29, 0.717) is 0 Å². The number of hydrogen-bond donors (Lipinski definition) is 0. The Labute approximate surface area is 854 Å². The molecular weight excluding hydrogens is 1740 g/mol. The molecule has 0 aliphatic carbocycles. The van der Waals surface area contributed by atoms with Crippen LogP contribution in [0.25, 0.3) is 66.8 Å². The Balaban J connectivity index is 0.000000182. The topological polar surface area (TPSA) is 19.4 Å². The number of rotatable bonds is 30. The molecule has 0 saturated heterocycles. The summed E-state index contributed by atoms with van der Waals surface area (Å²) in [6, 6.07) is 175. The second-order valence-electron chi connectivity index (χ2n) is 37.8. The molecule has 0 amide bonds. The molecule has 0 aliphatic rings. The molecule has 20 rings (SSSR count). The molecule has 0 saturated carbocycles. The van der Waals surface area contributed by atoms with Gasteiger partial charge in [0.15, 0.2) is 0 Å².